The molecule has 1 nitrogen and oxygen atoms in total. The first-order chi connectivity index (χ1) is 12.2. The predicted octanol–water partition coefficient (Wildman–Crippen LogP) is 0.720. The normalized spacial score (nSPS) is 9.54. The van der Waals surface area contributed by atoms with Gasteiger partial charge in [-0.05, 0) is 31.2 Å². The molecule has 0 amide bonds. The smallest absolute Gasteiger partial charge is 1.00 e. The van der Waals surface area contributed by atoms with Crippen LogP contribution in [-0.2, 0) is 32.6 Å². The van der Waals surface area contributed by atoms with Crippen LogP contribution in [0.1, 0.15) is 36.6 Å². The quantitative estimate of drug-likeness (QED) is 0.371. The summed E-state index contributed by atoms with van der Waals surface area (Å²) >= 11 is 0. The minimum absolute atomic E-state index is 0. The summed E-state index contributed by atoms with van der Waals surface area (Å²) in [4.78, 5) is 0. The molecule has 0 atom stereocenters. The summed E-state index contributed by atoms with van der Waals surface area (Å²) in [5.74, 6) is 0. The molecule has 0 radical (unpaired) electrons. The van der Waals surface area contributed by atoms with E-state index in [4.69, 9.17) is 0 Å². The number of aryl methyl sites for hydroxylation is 3. The van der Waals surface area contributed by atoms with E-state index >= 15 is 0 Å². The zero-order chi connectivity index (χ0) is 17.6. The average Bonchev–Trinajstić information content (AvgIpc) is 3.32. The van der Waals surface area contributed by atoms with Gasteiger partial charge in [0.2, 0.25) is 0 Å². The van der Waals surface area contributed by atoms with Gasteiger partial charge in [-0.3, -0.25) is 0 Å². The van der Waals surface area contributed by atoms with Gasteiger partial charge in [0.05, 0.1) is 0 Å². The molecule has 1 aromatic heterocycles. The number of fused-ring (bicyclic) bond motifs is 1. The van der Waals surface area contributed by atoms with Crippen molar-refractivity contribution in [2.45, 2.75) is 40.0 Å². The molecule has 4 heteroatoms. The van der Waals surface area contributed by atoms with Crippen LogP contribution in [0.15, 0.2) is 72.9 Å². The molecule has 0 saturated carbocycles. The zero-order valence-electron chi connectivity index (χ0n) is 16.8. The molecule has 0 fully saturated rings. The molecular weight excluding hydrogens is 464 g/mol. The van der Waals surface area contributed by atoms with Gasteiger partial charge in [-0.2, -0.15) is 17.7 Å². The summed E-state index contributed by atoms with van der Waals surface area (Å²) in [7, 11) is 0. The fourth-order valence-corrected chi connectivity index (χ4v) is 3.25. The van der Waals surface area contributed by atoms with E-state index in [1.165, 1.54) is 52.5 Å². The number of hydrogen-bond acceptors (Lipinski definition) is 0. The summed E-state index contributed by atoms with van der Waals surface area (Å²) in [5.41, 5.74) is 5.33. The van der Waals surface area contributed by atoms with Crippen LogP contribution in [0.4, 0.5) is 0 Å². The number of nitrogens with zero attached hydrogens (tertiary/aromatic N) is 1. The van der Waals surface area contributed by atoms with Crippen LogP contribution in [0.25, 0.3) is 16.5 Å². The fourth-order valence-electron chi connectivity index (χ4n) is 3.25. The molecule has 0 saturated heterocycles. The van der Waals surface area contributed by atoms with Gasteiger partial charge in [0.25, 0.3) is 0 Å². The second kappa shape index (κ2) is 13.2. The van der Waals surface area contributed by atoms with E-state index in [-0.39, 0.29) is 51.0 Å². The van der Waals surface area contributed by atoms with Crippen molar-refractivity contribution in [3.8, 4) is 5.69 Å². The monoisotopic (exact) mass is 489 g/mol. The zero-order valence-corrected chi connectivity index (χ0v) is 20.7. The Morgan fingerprint density at radius 3 is 2.21 bits per heavy atom. The van der Waals surface area contributed by atoms with E-state index < -0.39 is 0 Å². The van der Waals surface area contributed by atoms with Crippen LogP contribution < -0.4 is 24.8 Å². The first-order valence-electron chi connectivity index (χ1n) is 9.19. The van der Waals surface area contributed by atoms with Crippen LogP contribution >= 0.6 is 0 Å². The standard InChI is InChI=1S/C15H14N.C9H13.2ClH.Zr/c1-11-7-12(2)16(10-11)15-8-13-5-3-4-6-14(13)9-15;1-2-3-6-9-7-4-5-8-9;;;/h3-10H,1-2H3;4-5,7-8H,2-3,6H2,1H3;2*1H;/q2*-1;;;+4/p-2. The molecule has 0 spiro atoms. The van der Waals surface area contributed by atoms with Crippen molar-refractivity contribution in [3.63, 3.8) is 0 Å². The van der Waals surface area contributed by atoms with Gasteiger partial charge in [0.15, 0.2) is 0 Å². The molecule has 4 rings (SSSR count). The molecule has 0 aliphatic carbocycles. The average molecular weight is 492 g/mol. The third-order valence-corrected chi connectivity index (χ3v) is 4.58. The summed E-state index contributed by atoms with van der Waals surface area (Å²) < 4.78 is 2.25. The Kier molecular flexibility index (Phi) is 12.7. The molecular formula is C24H27Cl2NZr. The van der Waals surface area contributed by atoms with Crippen molar-refractivity contribution in [2.75, 3.05) is 0 Å². The summed E-state index contributed by atoms with van der Waals surface area (Å²) in [6.45, 7) is 6.50. The van der Waals surface area contributed by atoms with Crippen molar-refractivity contribution < 1.29 is 51.0 Å². The minimum atomic E-state index is 0. The Balaban J connectivity index is 0.000000533. The van der Waals surface area contributed by atoms with Gasteiger partial charge >= 0.3 is 26.2 Å². The molecule has 3 aromatic carbocycles. The van der Waals surface area contributed by atoms with Crippen LogP contribution in [0, 0.1) is 13.8 Å². The topological polar surface area (TPSA) is 4.93 Å². The van der Waals surface area contributed by atoms with Gasteiger partial charge in [-0.25, -0.2) is 12.1 Å². The van der Waals surface area contributed by atoms with Crippen molar-refractivity contribution in [1.82, 2.24) is 4.57 Å². The minimum Gasteiger partial charge on any atom is -1.00 e. The number of aromatic nitrogens is 1. The Bertz CT molecular complexity index is 886. The van der Waals surface area contributed by atoms with Crippen molar-refractivity contribution in [3.05, 3.63) is 89.7 Å². The first kappa shape index (κ1) is 26.9. The van der Waals surface area contributed by atoms with Crippen molar-refractivity contribution in [1.29, 1.82) is 0 Å². The van der Waals surface area contributed by atoms with E-state index in [9.17, 15) is 0 Å². The SMILES string of the molecule is CCCC[c-]1cccc1.Cc1cc(C)n(-c2cc3ccccc3[cH-]2)c1.[Cl-].[Cl-].[Zr+4]. The molecule has 4 aromatic rings. The van der Waals surface area contributed by atoms with Crippen molar-refractivity contribution in [2.24, 2.45) is 0 Å². The largest absolute Gasteiger partial charge is 4.00 e. The Morgan fingerprint density at radius 1 is 0.964 bits per heavy atom. The van der Waals surface area contributed by atoms with Gasteiger partial charge < -0.3 is 29.4 Å². The number of hydrogen-bond donors (Lipinski definition) is 0. The maximum atomic E-state index is 2.25. The molecule has 0 aliphatic heterocycles. The maximum Gasteiger partial charge on any atom is 4.00 e. The molecule has 0 aliphatic rings. The van der Waals surface area contributed by atoms with Crippen LogP contribution in [0.3, 0.4) is 0 Å². The summed E-state index contributed by atoms with van der Waals surface area (Å²) in [5, 5.41) is 2.62. The van der Waals surface area contributed by atoms with Crippen LogP contribution in [-0.4, -0.2) is 4.57 Å². The van der Waals surface area contributed by atoms with Crippen LogP contribution in [0.5, 0.6) is 0 Å². The first-order valence-corrected chi connectivity index (χ1v) is 9.19. The van der Waals surface area contributed by atoms with Gasteiger partial charge in [0, 0.05) is 11.9 Å². The molecule has 1 heterocycles. The molecule has 0 N–H and O–H groups in total. The molecule has 146 valence electrons. The molecule has 28 heavy (non-hydrogen) atoms. The van der Waals surface area contributed by atoms with E-state index in [1.54, 1.807) is 0 Å². The Labute approximate surface area is 200 Å². The maximum absolute atomic E-state index is 2.25. The van der Waals surface area contributed by atoms with Gasteiger partial charge in [-0.15, -0.1) is 41.1 Å². The Hall–Kier alpha value is -1.08. The van der Waals surface area contributed by atoms with Gasteiger partial charge in [0.1, 0.15) is 0 Å². The van der Waals surface area contributed by atoms with E-state index in [0.29, 0.717) is 0 Å². The van der Waals surface area contributed by atoms with E-state index in [2.05, 4.69) is 98.3 Å². The third-order valence-electron chi connectivity index (χ3n) is 4.58. The van der Waals surface area contributed by atoms with Crippen LogP contribution in [0.2, 0.25) is 0 Å². The number of halogens is 2. The second-order valence-corrected chi connectivity index (χ2v) is 6.77. The predicted molar refractivity (Wildman–Crippen MR) is 109 cm³/mol. The number of rotatable bonds is 4. The third kappa shape index (κ3) is 7.07. The van der Waals surface area contributed by atoms with E-state index in [1.807, 2.05) is 0 Å². The van der Waals surface area contributed by atoms with Crippen molar-refractivity contribution >= 4 is 10.8 Å². The molecule has 0 unspecified atom stereocenters. The number of benzene rings is 1. The van der Waals surface area contributed by atoms with E-state index in [0.717, 1.165) is 0 Å². The second-order valence-electron chi connectivity index (χ2n) is 6.77. The summed E-state index contributed by atoms with van der Waals surface area (Å²) in [6.07, 6.45) is 6.06. The molecule has 0 bridgehead atoms. The Morgan fingerprint density at radius 2 is 1.64 bits per heavy atom. The number of unbranched alkanes of at least 4 members (excludes halogenated alkanes) is 1. The summed E-state index contributed by atoms with van der Waals surface area (Å²) in [6, 6.07) is 23.7. The van der Waals surface area contributed by atoms with Gasteiger partial charge in [-0.1, -0.05) is 32.3 Å². The fraction of sp³-hybridized carbons (Fsp3) is 0.250.